The molecule has 0 atom stereocenters. The lowest BCUT2D eigenvalue weighted by Gasteiger charge is -1.97. The fourth-order valence-electron chi connectivity index (χ4n) is 1.70. The largest absolute Gasteiger partial charge is 0.294 e. The Balaban J connectivity index is 1.95. The molecule has 0 radical (unpaired) electrons. The smallest absolute Gasteiger partial charge is 0.170 e. The third-order valence-corrected chi connectivity index (χ3v) is 2.69. The first-order chi connectivity index (χ1) is 9.25. The van der Waals surface area contributed by atoms with Crippen LogP contribution in [-0.2, 0) is 4.79 Å². The van der Waals surface area contributed by atoms with Gasteiger partial charge in [0.05, 0.1) is 6.42 Å². The third kappa shape index (κ3) is 4.03. The van der Waals surface area contributed by atoms with E-state index >= 15 is 0 Å². The van der Waals surface area contributed by atoms with Crippen LogP contribution in [0.5, 0.6) is 0 Å². The van der Waals surface area contributed by atoms with Crippen LogP contribution in [0.2, 0.25) is 0 Å². The lowest BCUT2D eigenvalue weighted by Crippen LogP contribution is -2.05. The minimum Gasteiger partial charge on any atom is -0.294 e. The summed E-state index contributed by atoms with van der Waals surface area (Å²) in [5.74, 6) is -0.332. The molecule has 0 amide bonds. The number of allylic oxidation sites excluding steroid dienone is 1. The van der Waals surface area contributed by atoms with E-state index in [4.69, 9.17) is 0 Å². The highest BCUT2D eigenvalue weighted by atomic mass is 16.1. The third-order valence-electron chi connectivity index (χ3n) is 2.69. The van der Waals surface area contributed by atoms with Crippen molar-refractivity contribution in [3.8, 4) is 0 Å². The van der Waals surface area contributed by atoms with E-state index in [-0.39, 0.29) is 18.0 Å². The Morgan fingerprint density at radius 1 is 0.842 bits per heavy atom. The predicted molar refractivity (Wildman–Crippen MR) is 75.9 cm³/mol. The van der Waals surface area contributed by atoms with Crippen molar-refractivity contribution in [3.63, 3.8) is 0 Å². The van der Waals surface area contributed by atoms with Crippen LogP contribution in [0.1, 0.15) is 22.3 Å². The molecule has 2 nitrogen and oxygen atoms in total. The summed E-state index contributed by atoms with van der Waals surface area (Å²) in [6, 6.07) is 18.4. The van der Waals surface area contributed by atoms with Gasteiger partial charge in [0.25, 0.3) is 0 Å². The summed E-state index contributed by atoms with van der Waals surface area (Å²) in [5, 5.41) is 0. The molecule has 0 fully saturated rings. The second-order valence-electron chi connectivity index (χ2n) is 4.18. The van der Waals surface area contributed by atoms with Crippen LogP contribution in [0.4, 0.5) is 0 Å². The van der Waals surface area contributed by atoms with Crippen LogP contribution in [0.3, 0.4) is 0 Å². The molecule has 2 aromatic rings. The van der Waals surface area contributed by atoms with E-state index in [1.165, 1.54) is 6.08 Å². The summed E-state index contributed by atoms with van der Waals surface area (Å²) in [6.07, 6.45) is 3.09. The monoisotopic (exact) mass is 250 g/mol. The van der Waals surface area contributed by atoms with Gasteiger partial charge in [-0.25, -0.2) is 0 Å². The average molecular weight is 250 g/mol. The Labute approximate surface area is 112 Å². The van der Waals surface area contributed by atoms with Gasteiger partial charge >= 0.3 is 0 Å². The first-order valence-electron chi connectivity index (χ1n) is 6.10. The number of hydrogen-bond donors (Lipinski definition) is 0. The molecule has 0 N–H and O–H groups in total. The summed E-state index contributed by atoms with van der Waals surface area (Å²) in [7, 11) is 0. The molecular formula is C17H14O2. The first-order valence-corrected chi connectivity index (χ1v) is 6.10. The van der Waals surface area contributed by atoms with Crippen molar-refractivity contribution >= 4 is 17.6 Å². The minimum absolute atomic E-state index is 0.0899. The number of hydrogen-bond acceptors (Lipinski definition) is 2. The molecule has 0 aliphatic carbocycles. The lowest BCUT2D eigenvalue weighted by molar-refractivity contribution is -0.113. The summed E-state index contributed by atoms with van der Waals surface area (Å²) in [6.45, 7) is 0. The predicted octanol–water partition coefficient (Wildman–Crippen LogP) is 3.54. The average Bonchev–Trinajstić information content (AvgIpc) is 2.47. The summed E-state index contributed by atoms with van der Waals surface area (Å²) < 4.78 is 0. The maximum absolute atomic E-state index is 11.8. The van der Waals surface area contributed by atoms with E-state index in [1.807, 2.05) is 36.4 Å². The van der Waals surface area contributed by atoms with Crippen molar-refractivity contribution in [1.82, 2.24) is 0 Å². The Bertz CT molecular complexity index is 583. The number of rotatable bonds is 5. The highest BCUT2D eigenvalue weighted by Crippen LogP contribution is 2.05. The highest BCUT2D eigenvalue weighted by molar-refractivity contribution is 6.12. The molecule has 2 rings (SSSR count). The highest BCUT2D eigenvalue weighted by Gasteiger charge is 2.08. The molecule has 0 heterocycles. The fourth-order valence-corrected chi connectivity index (χ4v) is 1.70. The SMILES string of the molecule is O=C(/C=C/c1ccccc1)CC(=O)c1ccccc1. The van der Waals surface area contributed by atoms with Gasteiger partial charge in [-0.1, -0.05) is 66.7 Å². The van der Waals surface area contributed by atoms with Crippen LogP contribution in [0.25, 0.3) is 6.08 Å². The molecule has 0 unspecified atom stereocenters. The molecule has 0 saturated heterocycles. The van der Waals surface area contributed by atoms with Crippen LogP contribution >= 0.6 is 0 Å². The van der Waals surface area contributed by atoms with E-state index in [2.05, 4.69) is 0 Å². The van der Waals surface area contributed by atoms with Gasteiger partial charge in [-0.05, 0) is 11.6 Å². The van der Waals surface area contributed by atoms with Gasteiger partial charge in [0.1, 0.15) is 0 Å². The number of carbonyl (C=O) groups is 2. The van der Waals surface area contributed by atoms with Gasteiger partial charge in [0.15, 0.2) is 11.6 Å². The summed E-state index contributed by atoms with van der Waals surface area (Å²) in [4.78, 5) is 23.5. The molecular weight excluding hydrogens is 236 g/mol. The van der Waals surface area contributed by atoms with Crippen LogP contribution in [0.15, 0.2) is 66.7 Å². The summed E-state index contributed by atoms with van der Waals surface area (Å²) in [5.41, 5.74) is 1.52. The standard InChI is InChI=1S/C17H14O2/c18-16(12-11-14-7-3-1-4-8-14)13-17(19)15-9-5-2-6-10-15/h1-12H,13H2/b12-11+. The van der Waals surface area contributed by atoms with E-state index in [9.17, 15) is 9.59 Å². The molecule has 0 spiro atoms. The molecule has 0 bridgehead atoms. The van der Waals surface area contributed by atoms with Gasteiger partial charge in [0.2, 0.25) is 0 Å². The molecule has 0 saturated carbocycles. The van der Waals surface area contributed by atoms with Gasteiger partial charge in [-0.3, -0.25) is 9.59 Å². The van der Waals surface area contributed by atoms with Crippen molar-refractivity contribution in [2.75, 3.05) is 0 Å². The van der Waals surface area contributed by atoms with Gasteiger partial charge < -0.3 is 0 Å². The van der Waals surface area contributed by atoms with Crippen LogP contribution < -0.4 is 0 Å². The van der Waals surface area contributed by atoms with Crippen molar-refractivity contribution in [1.29, 1.82) is 0 Å². The molecule has 2 heteroatoms. The zero-order valence-electron chi connectivity index (χ0n) is 10.5. The number of ketones is 2. The Kier molecular flexibility index (Phi) is 4.40. The van der Waals surface area contributed by atoms with Crippen LogP contribution in [0, 0.1) is 0 Å². The number of carbonyl (C=O) groups excluding carboxylic acids is 2. The van der Waals surface area contributed by atoms with Gasteiger partial charge in [-0.2, -0.15) is 0 Å². The second kappa shape index (κ2) is 6.45. The van der Waals surface area contributed by atoms with E-state index in [1.54, 1.807) is 30.3 Å². The zero-order valence-corrected chi connectivity index (χ0v) is 10.5. The molecule has 94 valence electrons. The maximum atomic E-state index is 11.8. The normalized spacial score (nSPS) is 10.5. The Morgan fingerprint density at radius 2 is 1.42 bits per heavy atom. The topological polar surface area (TPSA) is 34.1 Å². The van der Waals surface area contributed by atoms with E-state index < -0.39 is 0 Å². The lowest BCUT2D eigenvalue weighted by atomic mass is 10.1. The van der Waals surface area contributed by atoms with Crippen molar-refractivity contribution in [2.45, 2.75) is 6.42 Å². The van der Waals surface area contributed by atoms with Crippen molar-refractivity contribution in [2.24, 2.45) is 0 Å². The molecule has 0 aliphatic heterocycles. The van der Waals surface area contributed by atoms with Gasteiger partial charge in [-0.15, -0.1) is 0 Å². The molecule has 0 aliphatic rings. The van der Waals surface area contributed by atoms with E-state index in [0.29, 0.717) is 5.56 Å². The molecule has 2 aromatic carbocycles. The first kappa shape index (κ1) is 13.0. The number of Topliss-reactive ketones (excluding diaryl/α,β-unsaturated/α-hetero) is 1. The quantitative estimate of drug-likeness (QED) is 0.462. The van der Waals surface area contributed by atoms with Crippen LogP contribution in [-0.4, -0.2) is 11.6 Å². The Morgan fingerprint density at radius 3 is 2.05 bits per heavy atom. The zero-order chi connectivity index (χ0) is 13.5. The van der Waals surface area contributed by atoms with Gasteiger partial charge in [0, 0.05) is 5.56 Å². The maximum Gasteiger partial charge on any atom is 0.170 e. The minimum atomic E-state index is -0.183. The molecule has 0 aromatic heterocycles. The van der Waals surface area contributed by atoms with Crippen molar-refractivity contribution in [3.05, 3.63) is 77.9 Å². The van der Waals surface area contributed by atoms with E-state index in [0.717, 1.165) is 5.56 Å². The molecule has 19 heavy (non-hydrogen) atoms. The fraction of sp³-hybridized carbons (Fsp3) is 0.0588. The Hall–Kier alpha value is -2.48. The summed E-state index contributed by atoms with van der Waals surface area (Å²) >= 11 is 0. The second-order valence-corrected chi connectivity index (χ2v) is 4.18. The van der Waals surface area contributed by atoms with Crippen molar-refractivity contribution < 1.29 is 9.59 Å². The number of benzene rings is 2.